The van der Waals surface area contributed by atoms with Gasteiger partial charge in [-0.1, -0.05) is 62.4 Å². The molecule has 0 spiro atoms. The van der Waals surface area contributed by atoms with E-state index in [0.717, 1.165) is 30.4 Å². The first kappa shape index (κ1) is 23.5. The van der Waals surface area contributed by atoms with Gasteiger partial charge < -0.3 is 10.0 Å². The summed E-state index contributed by atoms with van der Waals surface area (Å²) in [5.74, 6) is -0.259. The minimum atomic E-state index is -1.87. The minimum absolute atomic E-state index is 0.205. The third-order valence-electron chi connectivity index (χ3n) is 7.69. The van der Waals surface area contributed by atoms with Gasteiger partial charge in [0.05, 0.1) is 18.7 Å². The van der Waals surface area contributed by atoms with Gasteiger partial charge in [0.25, 0.3) is 5.91 Å². The van der Waals surface area contributed by atoms with Crippen LogP contribution >= 0.6 is 0 Å². The van der Waals surface area contributed by atoms with Crippen LogP contribution in [0.3, 0.4) is 0 Å². The van der Waals surface area contributed by atoms with Crippen molar-refractivity contribution in [3.05, 3.63) is 99.6 Å². The van der Waals surface area contributed by atoms with Crippen LogP contribution in [0.2, 0.25) is 0 Å². The molecule has 3 aromatic rings. The highest BCUT2D eigenvalue weighted by Crippen LogP contribution is 2.44. The molecule has 1 aliphatic heterocycles. The smallest absolute Gasteiger partial charge is 0.264 e. The summed E-state index contributed by atoms with van der Waals surface area (Å²) in [4.78, 5) is 28.7. The predicted octanol–water partition coefficient (Wildman–Crippen LogP) is 6.00. The quantitative estimate of drug-likeness (QED) is 0.452. The van der Waals surface area contributed by atoms with Gasteiger partial charge in [0.15, 0.2) is 11.4 Å². The van der Waals surface area contributed by atoms with E-state index in [9.17, 15) is 14.7 Å². The van der Waals surface area contributed by atoms with E-state index in [1.807, 2.05) is 43.3 Å². The van der Waals surface area contributed by atoms with Crippen LogP contribution in [0.4, 0.5) is 5.69 Å². The summed E-state index contributed by atoms with van der Waals surface area (Å²) in [7, 11) is 0. The summed E-state index contributed by atoms with van der Waals surface area (Å²) >= 11 is 0. The van der Waals surface area contributed by atoms with Gasteiger partial charge in [-0.3, -0.25) is 9.59 Å². The Hall–Kier alpha value is -3.24. The molecule has 35 heavy (non-hydrogen) atoms. The van der Waals surface area contributed by atoms with E-state index in [1.54, 1.807) is 11.0 Å². The number of hydrogen-bond donors (Lipinski definition) is 1. The van der Waals surface area contributed by atoms with Crippen LogP contribution in [0.15, 0.2) is 60.7 Å². The first-order valence-electron chi connectivity index (χ1n) is 12.7. The van der Waals surface area contributed by atoms with E-state index < -0.39 is 11.5 Å². The molecule has 2 aliphatic rings. The van der Waals surface area contributed by atoms with Gasteiger partial charge in [-0.2, -0.15) is 0 Å². The van der Waals surface area contributed by atoms with Crippen LogP contribution in [0, 0.1) is 6.92 Å². The summed E-state index contributed by atoms with van der Waals surface area (Å²) in [6.07, 6.45) is 4.08. The lowest BCUT2D eigenvalue weighted by Gasteiger charge is -2.24. The number of rotatable bonds is 6. The summed E-state index contributed by atoms with van der Waals surface area (Å²) in [6, 6.07) is 19.5. The number of carbonyl (C=O) groups excluding carboxylic acids is 2. The fourth-order valence-corrected chi connectivity index (χ4v) is 5.47. The maximum absolute atomic E-state index is 13.7. The van der Waals surface area contributed by atoms with Crippen LogP contribution in [-0.2, 0) is 29.8 Å². The maximum Gasteiger partial charge on any atom is 0.264 e. The molecule has 0 saturated carbocycles. The number of hydrogen-bond acceptors (Lipinski definition) is 3. The average molecular weight is 468 g/mol. The van der Waals surface area contributed by atoms with E-state index in [0.29, 0.717) is 29.3 Å². The molecule has 3 aromatic carbocycles. The molecule has 180 valence electrons. The Morgan fingerprint density at radius 2 is 1.74 bits per heavy atom. The first-order valence-corrected chi connectivity index (χ1v) is 12.7. The molecule has 1 atom stereocenters. The van der Waals surface area contributed by atoms with E-state index in [2.05, 4.69) is 32.0 Å². The standard InChI is InChI=1S/C31H33NO3/c1-20(2)23-13-12-21(3)26(16-23)19-32-28-11-7-6-10-27(28)31(35,30(32)34)18-29(33)25-15-14-22-8-4-5-9-24(22)17-25/h6-7,10-17,20,35H,4-5,8-9,18-19H2,1-3H3. The van der Waals surface area contributed by atoms with Crippen molar-refractivity contribution >= 4 is 17.4 Å². The molecule has 1 aliphatic carbocycles. The third kappa shape index (κ3) is 4.21. The zero-order chi connectivity index (χ0) is 24.7. The van der Waals surface area contributed by atoms with Crippen molar-refractivity contribution in [2.45, 2.75) is 70.9 Å². The number of aryl methyl sites for hydroxylation is 3. The van der Waals surface area contributed by atoms with Crippen molar-refractivity contribution in [1.29, 1.82) is 0 Å². The van der Waals surface area contributed by atoms with Crippen LogP contribution < -0.4 is 4.90 Å². The second-order valence-corrected chi connectivity index (χ2v) is 10.4. The zero-order valence-corrected chi connectivity index (χ0v) is 20.8. The predicted molar refractivity (Wildman–Crippen MR) is 139 cm³/mol. The molecule has 1 heterocycles. The van der Waals surface area contributed by atoms with Crippen LogP contribution in [-0.4, -0.2) is 16.8 Å². The number of Topliss-reactive ketones (excluding diaryl/α,β-unsaturated/α-hetero) is 1. The molecule has 5 rings (SSSR count). The van der Waals surface area contributed by atoms with E-state index in [1.165, 1.54) is 23.1 Å². The Labute approximate surface area is 207 Å². The highest BCUT2D eigenvalue weighted by molar-refractivity contribution is 6.10. The first-order chi connectivity index (χ1) is 16.8. The summed E-state index contributed by atoms with van der Waals surface area (Å²) < 4.78 is 0. The Morgan fingerprint density at radius 1 is 1.00 bits per heavy atom. The third-order valence-corrected chi connectivity index (χ3v) is 7.69. The molecule has 1 amide bonds. The number of fused-ring (bicyclic) bond motifs is 2. The van der Waals surface area contributed by atoms with Gasteiger partial charge >= 0.3 is 0 Å². The molecule has 4 heteroatoms. The lowest BCUT2D eigenvalue weighted by Crippen LogP contribution is -2.41. The Morgan fingerprint density at radius 3 is 2.51 bits per heavy atom. The van der Waals surface area contributed by atoms with Crippen molar-refractivity contribution in [2.75, 3.05) is 4.90 Å². The monoisotopic (exact) mass is 467 g/mol. The molecule has 0 aromatic heterocycles. The van der Waals surface area contributed by atoms with Crippen molar-refractivity contribution in [3.63, 3.8) is 0 Å². The highest BCUT2D eigenvalue weighted by Gasteiger charge is 2.50. The number of ketones is 1. The Balaban J connectivity index is 1.46. The Bertz CT molecular complexity index is 1310. The van der Waals surface area contributed by atoms with Crippen molar-refractivity contribution in [1.82, 2.24) is 0 Å². The molecule has 0 bridgehead atoms. The number of benzene rings is 3. The fraction of sp³-hybridized carbons (Fsp3) is 0.355. The number of carbonyl (C=O) groups is 2. The molecular formula is C31H33NO3. The topological polar surface area (TPSA) is 57.6 Å². The van der Waals surface area contributed by atoms with E-state index in [4.69, 9.17) is 0 Å². The number of anilines is 1. The Kier molecular flexibility index (Phi) is 6.10. The molecule has 0 saturated heterocycles. The SMILES string of the molecule is Cc1ccc(C(C)C)cc1CN1C(=O)C(O)(CC(=O)c2ccc3c(c2)CCCC3)c2ccccc21. The normalized spacial score (nSPS) is 19.1. The van der Waals surface area contributed by atoms with Crippen LogP contribution in [0.25, 0.3) is 0 Å². The largest absolute Gasteiger partial charge is 0.375 e. The molecule has 0 radical (unpaired) electrons. The number of para-hydroxylation sites is 1. The van der Waals surface area contributed by atoms with Crippen LogP contribution in [0.1, 0.15) is 82.8 Å². The van der Waals surface area contributed by atoms with Crippen LogP contribution in [0.5, 0.6) is 0 Å². The van der Waals surface area contributed by atoms with Gasteiger partial charge in [0, 0.05) is 11.1 Å². The van der Waals surface area contributed by atoms with E-state index in [-0.39, 0.29) is 12.2 Å². The van der Waals surface area contributed by atoms with Crippen molar-refractivity contribution in [2.24, 2.45) is 0 Å². The summed E-state index contributed by atoms with van der Waals surface area (Å²) in [5.41, 5.74) is 5.76. The molecular weight excluding hydrogens is 434 g/mol. The number of nitrogens with zero attached hydrogens (tertiary/aromatic N) is 1. The molecule has 1 N–H and O–H groups in total. The van der Waals surface area contributed by atoms with Crippen molar-refractivity contribution < 1.29 is 14.7 Å². The zero-order valence-electron chi connectivity index (χ0n) is 20.8. The summed E-state index contributed by atoms with van der Waals surface area (Å²) in [6.45, 7) is 6.70. The minimum Gasteiger partial charge on any atom is -0.375 e. The lowest BCUT2D eigenvalue weighted by atomic mass is 9.85. The summed E-state index contributed by atoms with van der Waals surface area (Å²) in [5, 5.41) is 11.7. The second kappa shape index (κ2) is 9.09. The maximum atomic E-state index is 13.7. The van der Waals surface area contributed by atoms with Gasteiger partial charge in [-0.15, -0.1) is 0 Å². The average Bonchev–Trinajstić information content (AvgIpc) is 3.06. The number of amides is 1. The fourth-order valence-electron chi connectivity index (χ4n) is 5.47. The van der Waals surface area contributed by atoms with Crippen molar-refractivity contribution in [3.8, 4) is 0 Å². The molecule has 0 fully saturated rings. The molecule has 4 nitrogen and oxygen atoms in total. The molecule has 1 unspecified atom stereocenters. The second-order valence-electron chi connectivity index (χ2n) is 10.4. The van der Waals surface area contributed by atoms with Gasteiger partial charge in [-0.05, 0) is 78.5 Å². The van der Waals surface area contributed by atoms with Gasteiger partial charge in [-0.25, -0.2) is 0 Å². The lowest BCUT2D eigenvalue weighted by molar-refractivity contribution is -0.136. The van der Waals surface area contributed by atoms with E-state index >= 15 is 0 Å². The van der Waals surface area contributed by atoms with Gasteiger partial charge in [0.1, 0.15) is 0 Å². The highest BCUT2D eigenvalue weighted by atomic mass is 16.3. The van der Waals surface area contributed by atoms with Gasteiger partial charge in [0.2, 0.25) is 0 Å². The number of aliphatic hydroxyl groups is 1.